The lowest BCUT2D eigenvalue weighted by Gasteiger charge is -2.14. The summed E-state index contributed by atoms with van der Waals surface area (Å²) in [6.45, 7) is 3.92. The molecule has 2 rings (SSSR count). The molecule has 1 amide bonds. The van der Waals surface area contributed by atoms with Crippen molar-refractivity contribution in [2.24, 2.45) is 5.92 Å². The van der Waals surface area contributed by atoms with E-state index in [1.807, 2.05) is 13.8 Å². The summed E-state index contributed by atoms with van der Waals surface area (Å²) in [5.41, 5.74) is 0.866. The molecule has 0 fully saturated rings. The number of halogens is 1. The maximum atomic E-state index is 13.5. The fourth-order valence-electron chi connectivity index (χ4n) is 1.77. The van der Waals surface area contributed by atoms with Gasteiger partial charge in [-0.15, -0.1) is 0 Å². The van der Waals surface area contributed by atoms with Crippen LogP contribution >= 0.6 is 0 Å². The van der Waals surface area contributed by atoms with Crippen LogP contribution in [0.1, 0.15) is 24.3 Å². The SMILES string of the molecule is CC(C)C(O)CNC(=O)c1cc2c(F)cccc2[nH]1. The molecule has 1 unspecified atom stereocenters. The van der Waals surface area contributed by atoms with Crippen LogP contribution in [0, 0.1) is 11.7 Å². The lowest BCUT2D eigenvalue weighted by molar-refractivity contribution is 0.0868. The Kier molecular flexibility index (Phi) is 3.85. The molecule has 1 aromatic heterocycles. The highest BCUT2D eigenvalue weighted by Gasteiger charge is 2.14. The quantitative estimate of drug-likeness (QED) is 0.791. The topological polar surface area (TPSA) is 65.1 Å². The van der Waals surface area contributed by atoms with Gasteiger partial charge in [0, 0.05) is 17.4 Å². The zero-order valence-corrected chi connectivity index (χ0v) is 10.9. The van der Waals surface area contributed by atoms with Crippen LogP contribution < -0.4 is 5.32 Å². The predicted molar refractivity (Wildman–Crippen MR) is 71.4 cm³/mol. The molecule has 1 atom stereocenters. The van der Waals surface area contributed by atoms with Gasteiger partial charge in [0.05, 0.1) is 6.10 Å². The van der Waals surface area contributed by atoms with Gasteiger partial charge in [-0.2, -0.15) is 0 Å². The fourth-order valence-corrected chi connectivity index (χ4v) is 1.77. The van der Waals surface area contributed by atoms with E-state index in [4.69, 9.17) is 0 Å². The number of hydrogen-bond acceptors (Lipinski definition) is 2. The highest BCUT2D eigenvalue weighted by atomic mass is 19.1. The first-order valence-corrected chi connectivity index (χ1v) is 6.22. The molecule has 5 heteroatoms. The zero-order valence-electron chi connectivity index (χ0n) is 10.9. The van der Waals surface area contributed by atoms with E-state index in [1.54, 1.807) is 12.1 Å². The molecular formula is C14H17FN2O2. The molecule has 3 N–H and O–H groups in total. The summed E-state index contributed by atoms with van der Waals surface area (Å²) < 4.78 is 13.5. The van der Waals surface area contributed by atoms with Gasteiger partial charge in [0.25, 0.3) is 5.91 Å². The normalized spacial score (nSPS) is 12.9. The van der Waals surface area contributed by atoms with E-state index in [-0.39, 0.29) is 29.9 Å². The second-order valence-electron chi connectivity index (χ2n) is 4.91. The lowest BCUT2D eigenvalue weighted by atomic mass is 10.1. The van der Waals surface area contributed by atoms with Crippen molar-refractivity contribution in [3.05, 3.63) is 35.8 Å². The summed E-state index contributed by atoms with van der Waals surface area (Å²) in [4.78, 5) is 14.7. The molecule has 4 nitrogen and oxygen atoms in total. The molecule has 0 saturated heterocycles. The van der Waals surface area contributed by atoms with Gasteiger partial charge < -0.3 is 15.4 Å². The molecule has 0 aliphatic carbocycles. The highest BCUT2D eigenvalue weighted by Crippen LogP contribution is 2.18. The second-order valence-corrected chi connectivity index (χ2v) is 4.91. The van der Waals surface area contributed by atoms with Crippen LogP contribution in [0.2, 0.25) is 0 Å². The standard InChI is InChI=1S/C14H17FN2O2/c1-8(2)13(18)7-16-14(19)12-6-9-10(15)4-3-5-11(9)17-12/h3-6,8,13,17-18H,7H2,1-2H3,(H,16,19). The molecule has 2 aromatic rings. The minimum atomic E-state index is -0.593. The van der Waals surface area contributed by atoms with Gasteiger partial charge >= 0.3 is 0 Å². The number of carbonyl (C=O) groups excluding carboxylic acids is 1. The third kappa shape index (κ3) is 2.93. The number of fused-ring (bicyclic) bond motifs is 1. The summed E-state index contributed by atoms with van der Waals surface area (Å²) in [7, 11) is 0. The number of hydrogen-bond donors (Lipinski definition) is 3. The predicted octanol–water partition coefficient (Wildman–Crippen LogP) is 2.05. The molecule has 0 spiro atoms. The number of rotatable bonds is 4. The summed E-state index contributed by atoms with van der Waals surface area (Å²) in [5.74, 6) is -0.647. The monoisotopic (exact) mass is 264 g/mol. The zero-order chi connectivity index (χ0) is 14.0. The third-order valence-electron chi connectivity index (χ3n) is 3.10. The number of benzene rings is 1. The van der Waals surface area contributed by atoms with Gasteiger partial charge in [-0.1, -0.05) is 19.9 Å². The molecule has 0 aliphatic heterocycles. The Morgan fingerprint density at radius 2 is 2.21 bits per heavy atom. The van der Waals surface area contributed by atoms with Crippen molar-refractivity contribution in [2.45, 2.75) is 20.0 Å². The first-order chi connectivity index (χ1) is 8.99. The Balaban J connectivity index is 2.12. The van der Waals surface area contributed by atoms with Crippen LogP contribution in [0.3, 0.4) is 0 Å². The molecule has 102 valence electrons. The maximum absolute atomic E-state index is 13.5. The Hall–Kier alpha value is -1.88. The highest BCUT2D eigenvalue weighted by molar-refractivity contribution is 5.98. The minimum absolute atomic E-state index is 0.0699. The van der Waals surface area contributed by atoms with Crippen LogP contribution in [0.15, 0.2) is 24.3 Å². The molecule has 0 saturated carbocycles. The van der Waals surface area contributed by atoms with Crippen LogP contribution in [0.25, 0.3) is 10.9 Å². The average molecular weight is 264 g/mol. The third-order valence-corrected chi connectivity index (χ3v) is 3.10. The molecular weight excluding hydrogens is 247 g/mol. The smallest absolute Gasteiger partial charge is 0.267 e. The summed E-state index contributed by atoms with van der Waals surface area (Å²) in [6.07, 6.45) is -0.593. The first kappa shape index (κ1) is 13.5. The summed E-state index contributed by atoms with van der Waals surface area (Å²) >= 11 is 0. The van der Waals surface area contributed by atoms with Crippen molar-refractivity contribution in [1.82, 2.24) is 10.3 Å². The Labute approximate surface area is 110 Å². The number of aliphatic hydroxyl groups is 1. The summed E-state index contributed by atoms with van der Waals surface area (Å²) in [5, 5.41) is 12.6. The van der Waals surface area contributed by atoms with E-state index in [0.29, 0.717) is 10.9 Å². The first-order valence-electron chi connectivity index (χ1n) is 6.22. The van der Waals surface area contributed by atoms with Crippen molar-refractivity contribution in [2.75, 3.05) is 6.54 Å². The van der Waals surface area contributed by atoms with E-state index < -0.39 is 6.10 Å². The van der Waals surface area contributed by atoms with Gasteiger partial charge in [-0.3, -0.25) is 4.79 Å². The molecule has 1 heterocycles. The van der Waals surface area contributed by atoms with E-state index in [0.717, 1.165) is 0 Å². The average Bonchev–Trinajstić information content (AvgIpc) is 2.80. The largest absolute Gasteiger partial charge is 0.391 e. The minimum Gasteiger partial charge on any atom is -0.391 e. The Bertz CT molecular complexity index is 592. The van der Waals surface area contributed by atoms with Crippen LogP contribution in [0.5, 0.6) is 0 Å². The lowest BCUT2D eigenvalue weighted by Crippen LogP contribution is -2.34. The van der Waals surface area contributed by atoms with Gasteiger partial charge in [0.1, 0.15) is 11.5 Å². The number of carbonyl (C=O) groups is 1. The fraction of sp³-hybridized carbons (Fsp3) is 0.357. The van der Waals surface area contributed by atoms with Crippen LogP contribution in [-0.4, -0.2) is 28.6 Å². The number of aromatic nitrogens is 1. The van der Waals surface area contributed by atoms with E-state index >= 15 is 0 Å². The second kappa shape index (κ2) is 5.40. The van der Waals surface area contributed by atoms with Crippen molar-refractivity contribution >= 4 is 16.8 Å². The van der Waals surface area contributed by atoms with Gasteiger partial charge in [0.15, 0.2) is 0 Å². The van der Waals surface area contributed by atoms with Gasteiger partial charge in [0.2, 0.25) is 0 Å². The van der Waals surface area contributed by atoms with Crippen molar-refractivity contribution < 1.29 is 14.3 Å². The molecule has 0 bridgehead atoms. The van der Waals surface area contributed by atoms with E-state index in [9.17, 15) is 14.3 Å². The van der Waals surface area contributed by atoms with Gasteiger partial charge in [-0.25, -0.2) is 4.39 Å². The molecule has 1 aromatic carbocycles. The van der Waals surface area contributed by atoms with E-state index in [2.05, 4.69) is 10.3 Å². The number of aliphatic hydroxyl groups excluding tert-OH is 1. The van der Waals surface area contributed by atoms with E-state index in [1.165, 1.54) is 12.1 Å². The number of amides is 1. The molecule has 0 aliphatic rings. The number of H-pyrrole nitrogens is 1. The molecule has 0 radical (unpaired) electrons. The van der Waals surface area contributed by atoms with Crippen LogP contribution in [0.4, 0.5) is 4.39 Å². The van der Waals surface area contributed by atoms with Crippen LogP contribution in [-0.2, 0) is 0 Å². The summed E-state index contributed by atoms with van der Waals surface area (Å²) in [6, 6.07) is 6.11. The van der Waals surface area contributed by atoms with Crippen molar-refractivity contribution in [3.63, 3.8) is 0 Å². The van der Waals surface area contributed by atoms with Gasteiger partial charge in [-0.05, 0) is 24.1 Å². The maximum Gasteiger partial charge on any atom is 0.267 e. The van der Waals surface area contributed by atoms with Crippen molar-refractivity contribution in [1.29, 1.82) is 0 Å². The molecule has 19 heavy (non-hydrogen) atoms. The van der Waals surface area contributed by atoms with Crippen molar-refractivity contribution in [3.8, 4) is 0 Å². The Morgan fingerprint density at radius 3 is 2.84 bits per heavy atom. The number of aromatic amines is 1. The Morgan fingerprint density at radius 1 is 1.47 bits per heavy atom. The number of nitrogens with one attached hydrogen (secondary N) is 2.